The van der Waals surface area contributed by atoms with Crippen LogP contribution in [-0.2, 0) is 17.5 Å². The highest BCUT2D eigenvalue weighted by Gasteiger charge is 2.42. The Hall–Kier alpha value is -2.02. The van der Waals surface area contributed by atoms with E-state index in [0.29, 0.717) is 11.4 Å². The van der Waals surface area contributed by atoms with Crippen molar-refractivity contribution in [3.8, 4) is 0 Å². The number of hydrogen-bond acceptors (Lipinski definition) is 2. The first-order chi connectivity index (χ1) is 11.7. The Balaban J connectivity index is 1.85. The van der Waals surface area contributed by atoms with E-state index in [0.717, 1.165) is 28.7 Å². The summed E-state index contributed by atoms with van der Waals surface area (Å²) in [6, 6.07) is 5.60. The van der Waals surface area contributed by atoms with Gasteiger partial charge in [-0.2, -0.15) is 18.3 Å². The lowest BCUT2D eigenvalue weighted by atomic mass is 10.1. The van der Waals surface area contributed by atoms with Gasteiger partial charge in [-0.3, -0.25) is 9.48 Å². The minimum absolute atomic E-state index is 0.0652. The van der Waals surface area contributed by atoms with Crippen LogP contribution in [0.25, 0.3) is 0 Å². The zero-order chi connectivity index (χ0) is 18.4. The molecule has 134 valence electrons. The molecule has 1 fully saturated rings. The van der Waals surface area contributed by atoms with Gasteiger partial charge in [-0.15, -0.1) is 0 Å². The third-order valence-electron chi connectivity index (χ3n) is 4.12. The Morgan fingerprint density at radius 3 is 2.64 bits per heavy atom. The predicted molar refractivity (Wildman–Crippen MR) is 88.8 cm³/mol. The first-order valence-electron chi connectivity index (χ1n) is 7.87. The number of nitrogens with one attached hydrogen (secondary N) is 1. The summed E-state index contributed by atoms with van der Waals surface area (Å²) in [6.07, 6.45) is -3.14. The minimum Gasteiger partial charge on any atom is -0.324 e. The van der Waals surface area contributed by atoms with Crippen LogP contribution in [0.4, 0.5) is 18.9 Å². The largest absolute Gasteiger partial charge is 0.436 e. The lowest BCUT2D eigenvalue weighted by Gasteiger charge is -2.11. The molecule has 1 N–H and O–H groups in total. The number of hydrogen-bond donors (Lipinski definition) is 1. The Morgan fingerprint density at radius 2 is 2.04 bits per heavy atom. The van der Waals surface area contributed by atoms with Crippen molar-refractivity contribution in [3.63, 3.8) is 0 Å². The van der Waals surface area contributed by atoms with E-state index in [9.17, 15) is 18.0 Å². The molecule has 0 aliphatic heterocycles. The number of nitrogens with zero attached hydrogens (tertiary/aromatic N) is 2. The molecule has 1 heterocycles. The molecule has 25 heavy (non-hydrogen) atoms. The molecule has 3 rings (SSSR count). The number of benzene rings is 1. The standard InChI is InChI=1S/C17H17ClF3N3O/c1-9-3-4-10(2)12(7-9)22-13(25)8-24-15(11-5-6-11)14(18)16(23-24)17(19,20)21/h3-4,7,11H,5-6,8H2,1-2H3,(H,22,25). The van der Waals surface area contributed by atoms with Gasteiger partial charge in [-0.05, 0) is 43.9 Å². The third-order valence-corrected chi connectivity index (χ3v) is 4.50. The summed E-state index contributed by atoms with van der Waals surface area (Å²) in [5.41, 5.74) is 1.64. The first kappa shape index (κ1) is 17.8. The first-order valence-corrected chi connectivity index (χ1v) is 8.25. The fourth-order valence-corrected chi connectivity index (χ4v) is 3.09. The highest BCUT2D eigenvalue weighted by molar-refractivity contribution is 6.32. The van der Waals surface area contributed by atoms with Gasteiger partial charge in [0.25, 0.3) is 0 Å². The van der Waals surface area contributed by atoms with Crippen LogP contribution in [0.5, 0.6) is 0 Å². The fraction of sp³-hybridized carbons (Fsp3) is 0.412. The molecule has 1 saturated carbocycles. The maximum absolute atomic E-state index is 13.0. The molecule has 1 aromatic carbocycles. The van der Waals surface area contributed by atoms with Crippen LogP contribution in [0, 0.1) is 13.8 Å². The predicted octanol–water partition coefficient (Wildman–Crippen LogP) is 4.69. The Labute approximate surface area is 148 Å². The quantitative estimate of drug-likeness (QED) is 0.847. The molecule has 0 saturated heterocycles. The van der Waals surface area contributed by atoms with E-state index in [1.807, 2.05) is 32.0 Å². The highest BCUT2D eigenvalue weighted by Crippen LogP contribution is 2.46. The Morgan fingerprint density at radius 1 is 1.36 bits per heavy atom. The zero-order valence-corrected chi connectivity index (χ0v) is 14.5. The summed E-state index contributed by atoms with van der Waals surface area (Å²) in [7, 11) is 0. The minimum atomic E-state index is -4.64. The molecule has 0 radical (unpaired) electrons. The van der Waals surface area contributed by atoms with E-state index < -0.39 is 22.8 Å². The molecule has 0 bridgehead atoms. The second-order valence-corrected chi connectivity index (χ2v) is 6.72. The molecule has 0 spiro atoms. The number of aromatic nitrogens is 2. The molecule has 0 atom stereocenters. The number of halogens is 4. The summed E-state index contributed by atoms with van der Waals surface area (Å²) in [5.74, 6) is -0.506. The number of anilines is 1. The lowest BCUT2D eigenvalue weighted by molar-refractivity contribution is -0.141. The fourth-order valence-electron chi connectivity index (χ4n) is 2.70. The number of alkyl halides is 3. The second-order valence-electron chi connectivity index (χ2n) is 6.34. The Bertz CT molecular complexity index is 825. The van der Waals surface area contributed by atoms with Gasteiger partial charge in [0.15, 0.2) is 5.69 Å². The van der Waals surface area contributed by atoms with Crippen LogP contribution >= 0.6 is 11.6 Å². The summed E-state index contributed by atoms with van der Waals surface area (Å²) >= 11 is 5.90. The normalized spacial score (nSPS) is 14.6. The topological polar surface area (TPSA) is 46.9 Å². The third kappa shape index (κ3) is 3.81. The van der Waals surface area contributed by atoms with E-state index in [2.05, 4.69) is 10.4 Å². The van der Waals surface area contributed by atoms with Crippen molar-refractivity contribution >= 4 is 23.2 Å². The van der Waals surface area contributed by atoms with Crippen LogP contribution in [0.15, 0.2) is 18.2 Å². The van der Waals surface area contributed by atoms with Gasteiger partial charge in [-0.1, -0.05) is 23.7 Å². The Kier molecular flexibility index (Phi) is 4.53. The molecule has 1 amide bonds. The number of carbonyl (C=O) groups is 1. The van der Waals surface area contributed by atoms with Crippen LogP contribution < -0.4 is 5.32 Å². The van der Waals surface area contributed by atoms with Crippen LogP contribution in [0.1, 0.15) is 41.3 Å². The van der Waals surface area contributed by atoms with Gasteiger partial charge in [0.2, 0.25) is 5.91 Å². The number of aryl methyl sites for hydroxylation is 2. The van der Waals surface area contributed by atoms with Crippen molar-refractivity contribution in [1.29, 1.82) is 0 Å². The van der Waals surface area contributed by atoms with Crippen molar-refractivity contribution < 1.29 is 18.0 Å². The molecule has 0 unspecified atom stereocenters. The maximum atomic E-state index is 13.0. The number of rotatable bonds is 4. The van der Waals surface area contributed by atoms with E-state index in [4.69, 9.17) is 11.6 Å². The van der Waals surface area contributed by atoms with E-state index in [1.165, 1.54) is 0 Å². The van der Waals surface area contributed by atoms with Gasteiger partial charge >= 0.3 is 6.18 Å². The molecule has 8 heteroatoms. The van der Waals surface area contributed by atoms with Gasteiger partial charge in [0.1, 0.15) is 6.54 Å². The summed E-state index contributed by atoms with van der Waals surface area (Å²) in [4.78, 5) is 12.3. The van der Waals surface area contributed by atoms with Crippen LogP contribution in [0.2, 0.25) is 5.02 Å². The van der Waals surface area contributed by atoms with Crippen molar-refractivity contribution in [2.24, 2.45) is 0 Å². The SMILES string of the molecule is Cc1ccc(C)c(NC(=O)Cn2nc(C(F)(F)F)c(Cl)c2C2CC2)c1. The summed E-state index contributed by atoms with van der Waals surface area (Å²) in [5, 5.41) is 5.90. The molecule has 1 aliphatic carbocycles. The monoisotopic (exact) mass is 371 g/mol. The zero-order valence-electron chi connectivity index (χ0n) is 13.7. The molecular weight excluding hydrogens is 355 g/mol. The van der Waals surface area contributed by atoms with Gasteiger partial charge < -0.3 is 5.32 Å². The number of carbonyl (C=O) groups excluding carboxylic acids is 1. The van der Waals surface area contributed by atoms with E-state index in [1.54, 1.807) is 0 Å². The molecule has 2 aromatic rings. The number of amides is 1. The molecule has 4 nitrogen and oxygen atoms in total. The summed E-state index contributed by atoms with van der Waals surface area (Å²) < 4.78 is 40.2. The van der Waals surface area contributed by atoms with Crippen molar-refractivity contribution in [1.82, 2.24) is 9.78 Å². The maximum Gasteiger partial charge on any atom is 0.436 e. The van der Waals surface area contributed by atoms with Gasteiger partial charge in [0.05, 0.1) is 10.7 Å². The van der Waals surface area contributed by atoms with Crippen LogP contribution in [0.3, 0.4) is 0 Å². The van der Waals surface area contributed by atoms with E-state index in [-0.39, 0.29) is 12.5 Å². The van der Waals surface area contributed by atoms with Crippen molar-refractivity contribution in [3.05, 3.63) is 45.7 Å². The van der Waals surface area contributed by atoms with Crippen LogP contribution in [-0.4, -0.2) is 15.7 Å². The average molecular weight is 372 g/mol. The van der Waals surface area contributed by atoms with Crippen molar-refractivity contribution in [2.75, 3.05) is 5.32 Å². The highest BCUT2D eigenvalue weighted by atomic mass is 35.5. The van der Waals surface area contributed by atoms with Crippen molar-refractivity contribution in [2.45, 2.75) is 45.3 Å². The lowest BCUT2D eigenvalue weighted by Crippen LogP contribution is -2.21. The van der Waals surface area contributed by atoms with Gasteiger partial charge in [0, 0.05) is 11.6 Å². The second kappa shape index (κ2) is 6.37. The van der Waals surface area contributed by atoms with E-state index >= 15 is 0 Å². The molecular formula is C17H17ClF3N3O. The molecule has 1 aliphatic rings. The average Bonchev–Trinajstić information content (AvgIpc) is 3.26. The smallest absolute Gasteiger partial charge is 0.324 e. The van der Waals surface area contributed by atoms with Gasteiger partial charge in [-0.25, -0.2) is 0 Å². The summed E-state index contributed by atoms with van der Waals surface area (Å²) in [6.45, 7) is 3.43. The molecule has 1 aromatic heterocycles.